The van der Waals surface area contributed by atoms with E-state index in [1.165, 1.54) is 5.56 Å². The Labute approximate surface area is 173 Å². The first-order chi connectivity index (χ1) is 13.4. The van der Waals surface area contributed by atoms with Gasteiger partial charge in [0, 0.05) is 10.0 Å². The fraction of sp³-hybridized carbons (Fsp3) is 0.227. The molecule has 3 rings (SSSR count). The minimum atomic E-state index is -0.327. The lowest BCUT2D eigenvalue weighted by Crippen LogP contribution is -2.19. The zero-order chi connectivity index (χ0) is 20.1. The van der Waals surface area contributed by atoms with Gasteiger partial charge in [-0.1, -0.05) is 66.2 Å². The topological polar surface area (TPSA) is 70.1 Å². The number of carbonyl (C=O) groups is 1. The molecule has 5 nitrogen and oxygen atoms in total. The Bertz CT molecular complexity index is 973. The number of hydrogen-bond donors (Lipinski definition) is 2. The van der Waals surface area contributed by atoms with E-state index in [9.17, 15) is 4.79 Å². The maximum Gasteiger partial charge on any atom is 0.289 e. The van der Waals surface area contributed by atoms with Crippen LogP contribution >= 0.6 is 15.9 Å². The van der Waals surface area contributed by atoms with Gasteiger partial charge in [0.25, 0.3) is 5.91 Å². The Hall–Kier alpha value is -2.73. The molecule has 144 valence electrons. The first-order valence-corrected chi connectivity index (χ1v) is 9.97. The molecule has 0 saturated heterocycles. The molecule has 0 saturated carbocycles. The van der Waals surface area contributed by atoms with Gasteiger partial charge >= 0.3 is 0 Å². The number of benzene rings is 2. The van der Waals surface area contributed by atoms with E-state index >= 15 is 0 Å². The highest BCUT2D eigenvalue weighted by molar-refractivity contribution is 9.10. The number of nitrogens with zero attached hydrogens (tertiary/aromatic N) is 2. The van der Waals surface area contributed by atoms with E-state index in [0.717, 1.165) is 33.4 Å². The summed E-state index contributed by atoms with van der Waals surface area (Å²) in [6.45, 7) is 6.25. The third kappa shape index (κ3) is 5.16. The van der Waals surface area contributed by atoms with Crippen molar-refractivity contribution in [3.05, 3.63) is 75.9 Å². The maximum absolute atomic E-state index is 12.4. The van der Waals surface area contributed by atoms with Crippen molar-refractivity contribution >= 4 is 27.5 Å². The van der Waals surface area contributed by atoms with E-state index in [-0.39, 0.29) is 5.91 Å². The van der Waals surface area contributed by atoms with Gasteiger partial charge in [0.2, 0.25) is 0 Å². The molecule has 2 N–H and O–H groups in total. The van der Waals surface area contributed by atoms with Crippen molar-refractivity contribution in [2.75, 3.05) is 0 Å². The van der Waals surface area contributed by atoms with Crippen LogP contribution in [0.2, 0.25) is 0 Å². The second-order valence-electron chi connectivity index (χ2n) is 7.11. The van der Waals surface area contributed by atoms with E-state index in [0.29, 0.717) is 11.6 Å². The van der Waals surface area contributed by atoms with Crippen LogP contribution in [0.3, 0.4) is 0 Å². The van der Waals surface area contributed by atoms with Gasteiger partial charge < -0.3 is 0 Å². The zero-order valence-electron chi connectivity index (χ0n) is 16.2. The van der Waals surface area contributed by atoms with Gasteiger partial charge in [-0.05, 0) is 48.6 Å². The summed E-state index contributed by atoms with van der Waals surface area (Å²) in [5.74, 6) is 0.291. The molecule has 0 unspecified atom stereocenters. The molecule has 0 aliphatic rings. The van der Waals surface area contributed by atoms with E-state index in [1.54, 1.807) is 6.07 Å². The third-order valence-electron chi connectivity index (χ3n) is 4.30. The zero-order valence-corrected chi connectivity index (χ0v) is 17.7. The Morgan fingerprint density at radius 1 is 1.14 bits per heavy atom. The Morgan fingerprint density at radius 3 is 2.46 bits per heavy atom. The van der Waals surface area contributed by atoms with Crippen LogP contribution in [0, 0.1) is 5.92 Å². The van der Waals surface area contributed by atoms with Crippen molar-refractivity contribution in [1.29, 1.82) is 0 Å². The minimum Gasteiger partial charge on any atom is -0.272 e. The lowest BCUT2D eigenvalue weighted by molar-refractivity contribution is 0.0950. The van der Waals surface area contributed by atoms with Crippen molar-refractivity contribution in [3.8, 4) is 11.3 Å². The molecule has 0 spiro atoms. The van der Waals surface area contributed by atoms with Gasteiger partial charge in [-0.2, -0.15) is 10.2 Å². The van der Waals surface area contributed by atoms with E-state index < -0.39 is 0 Å². The normalized spacial score (nSPS) is 11.7. The molecule has 0 aliphatic heterocycles. The summed E-state index contributed by atoms with van der Waals surface area (Å²) in [7, 11) is 0. The molecule has 0 atom stereocenters. The van der Waals surface area contributed by atoms with Gasteiger partial charge in [0.15, 0.2) is 0 Å². The predicted molar refractivity (Wildman–Crippen MR) is 116 cm³/mol. The molecule has 1 aromatic heterocycles. The number of hydrogen-bond acceptors (Lipinski definition) is 3. The number of hydrazone groups is 1. The molecule has 28 heavy (non-hydrogen) atoms. The van der Waals surface area contributed by atoms with E-state index in [4.69, 9.17) is 0 Å². The van der Waals surface area contributed by atoms with Crippen molar-refractivity contribution in [2.45, 2.75) is 27.2 Å². The number of aromatic nitrogens is 2. The van der Waals surface area contributed by atoms with Crippen molar-refractivity contribution in [2.24, 2.45) is 11.0 Å². The lowest BCUT2D eigenvalue weighted by Gasteiger charge is -2.05. The lowest BCUT2D eigenvalue weighted by atomic mass is 10.0. The largest absolute Gasteiger partial charge is 0.289 e. The van der Waals surface area contributed by atoms with Crippen molar-refractivity contribution < 1.29 is 4.79 Å². The summed E-state index contributed by atoms with van der Waals surface area (Å²) >= 11 is 3.40. The monoisotopic (exact) mass is 438 g/mol. The molecule has 1 amide bonds. The van der Waals surface area contributed by atoms with E-state index in [1.807, 2.05) is 43.3 Å². The summed E-state index contributed by atoms with van der Waals surface area (Å²) in [5.41, 5.74) is 7.60. The Morgan fingerprint density at radius 2 is 1.82 bits per heavy atom. The van der Waals surface area contributed by atoms with Crippen LogP contribution in [-0.2, 0) is 6.42 Å². The highest BCUT2D eigenvalue weighted by Crippen LogP contribution is 2.19. The number of aromatic amines is 1. The average molecular weight is 439 g/mol. The molecule has 0 bridgehead atoms. The summed E-state index contributed by atoms with van der Waals surface area (Å²) < 4.78 is 0.996. The quantitative estimate of drug-likeness (QED) is 0.410. The van der Waals surface area contributed by atoms with Gasteiger partial charge in [0.05, 0.1) is 11.4 Å². The summed E-state index contributed by atoms with van der Waals surface area (Å²) in [6.07, 6.45) is 1.05. The molecular formula is C22H23BrN4O. The number of amides is 1. The van der Waals surface area contributed by atoms with Crippen LogP contribution in [-0.4, -0.2) is 21.8 Å². The number of halogens is 1. The van der Waals surface area contributed by atoms with Gasteiger partial charge in [-0.3, -0.25) is 9.89 Å². The van der Waals surface area contributed by atoms with Crippen LogP contribution in [0.25, 0.3) is 11.3 Å². The minimum absolute atomic E-state index is 0.327. The summed E-state index contributed by atoms with van der Waals surface area (Å²) in [4.78, 5) is 12.4. The van der Waals surface area contributed by atoms with Crippen molar-refractivity contribution in [3.63, 3.8) is 0 Å². The first kappa shape index (κ1) is 20.0. The van der Waals surface area contributed by atoms with Gasteiger partial charge in [-0.25, -0.2) is 5.43 Å². The molecule has 2 aromatic carbocycles. The second kappa shape index (κ2) is 8.97. The molecule has 3 aromatic rings. The second-order valence-corrected chi connectivity index (χ2v) is 8.02. The average Bonchev–Trinajstić information content (AvgIpc) is 3.17. The SMILES string of the molecule is C/C(=N\NC(=O)c1cc(-c2ccc(CC(C)C)cc2)n[nH]1)c1ccc(Br)cc1. The highest BCUT2D eigenvalue weighted by atomic mass is 79.9. The fourth-order valence-corrected chi connectivity index (χ4v) is 3.08. The molecule has 0 radical (unpaired) electrons. The highest BCUT2D eigenvalue weighted by Gasteiger charge is 2.11. The Kier molecular flexibility index (Phi) is 6.41. The first-order valence-electron chi connectivity index (χ1n) is 9.17. The Balaban J connectivity index is 1.66. The fourth-order valence-electron chi connectivity index (χ4n) is 2.82. The van der Waals surface area contributed by atoms with Gasteiger partial charge in [0.1, 0.15) is 5.69 Å². The molecule has 6 heteroatoms. The number of nitrogens with one attached hydrogen (secondary N) is 2. The van der Waals surface area contributed by atoms with Crippen LogP contribution in [0.15, 0.2) is 64.2 Å². The smallest absolute Gasteiger partial charge is 0.272 e. The summed E-state index contributed by atoms with van der Waals surface area (Å²) in [5, 5.41) is 11.2. The number of rotatable bonds is 6. The maximum atomic E-state index is 12.4. The van der Waals surface area contributed by atoms with E-state index in [2.05, 4.69) is 62.6 Å². The molecular weight excluding hydrogens is 416 g/mol. The summed E-state index contributed by atoms with van der Waals surface area (Å²) in [6, 6.07) is 17.8. The standard InChI is InChI=1S/C22H23BrN4O/c1-14(2)12-16-4-6-18(7-5-16)20-13-21(26-25-20)22(28)27-24-15(3)17-8-10-19(23)11-9-17/h4-11,13-14H,12H2,1-3H3,(H,25,26)(H,27,28)/b24-15+. The number of carbonyl (C=O) groups excluding carboxylic acids is 1. The number of H-pyrrole nitrogens is 1. The van der Waals surface area contributed by atoms with Crippen LogP contribution in [0.1, 0.15) is 42.4 Å². The molecule has 1 heterocycles. The predicted octanol–water partition coefficient (Wildman–Crippen LogP) is 5.19. The third-order valence-corrected chi connectivity index (χ3v) is 4.83. The molecule has 0 fully saturated rings. The van der Waals surface area contributed by atoms with Crippen molar-refractivity contribution in [1.82, 2.24) is 15.6 Å². The molecule has 0 aliphatic carbocycles. The van der Waals surface area contributed by atoms with Crippen LogP contribution in [0.4, 0.5) is 0 Å². The van der Waals surface area contributed by atoms with Crippen LogP contribution < -0.4 is 5.43 Å². The van der Waals surface area contributed by atoms with Crippen LogP contribution in [0.5, 0.6) is 0 Å². The van der Waals surface area contributed by atoms with Gasteiger partial charge in [-0.15, -0.1) is 0 Å².